The monoisotopic (exact) mass is 409 g/mol. The third kappa shape index (κ3) is 4.07. The van der Waals surface area contributed by atoms with Crippen LogP contribution in [-0.4, -0.2) is 26.1 Å². The van der Waals surface area contributed by atoms with Crippen LogP contribution < -0.4 is 5.32 Å². The van der Waals surface area contributed by atoms with E-state index in [0.29, 0.717) is 17.1 Å². The molecule has 1 amide bonds. The van der Waals surface area contributed by atoms with Crippen molar-refractivity contribution in [2.45, 2.75) is 0 Å². The van der Waals surface area contributed by atoms with Gasteiger partial charge in [-0.2, -0.15) is 4.68 Å². The summed E-state index contributed by atoms with van der Waals surface area (Å²) in [4.78, 5) is 13.0. The Morgan fingerprint density at radius 1 is 1.14 bits per heavy atom. The number of anilines is 1. The first-order chi connectivity index (χ1) is 14.1. The fourth-order valence-corrected chi connectivity index (χ4v) is 2.78. The van der Waals surface area contributed by atoms with E-state index in [4.69, 9.17) is 16.0 Å². The molecular weight excluding hydrogens is 397 g/mol. The van der Waals surface area contributed by atoms with E-state index in [1.165, 1.54) is 29.2 Å². The lowest BCUT2D eigenvalue weighted by atomic mass is 10.2. The zero-order valence-electron chi connectivity index (χ0n) is 14.8. The van der Waals surface area contributed by atoms with Gasteiger partial charge in [0.2, 0.25) is 0 Å². The summed E-state index contributed by atoms with van der Waals surface area (Å²) < 4.78 is 20.7. The summed E-state index contributed by atoms with van der Waals surface area (Å²) in [6.07, 6.45) is 2.93. The van der Waals surface area contributed by atoms with Crippen molar-refractivity contribution < 1.29 is 13.6 Å². The van der Waals surface area contributed by atoms with Gasteiger partial charge in [-0.25, -0.2) is 4.39 Å². The normalized spacial score (nSPS) is 11.4. The van der Waals surface area contributed by atoms with Crippen LogP contribution in [0, 0.1) is 5.82 Å². The highest BCUT2D eigenvalue weighted by atomic mass is 35.5. The van der Waals surface area contributed by atoms with Crippen LogP contribution >= 0.6 is 11.6 Å². The molecule has 0 bridgehead atoms. The third-order valence-corrected chi connectivity index (χ3v) is 4.20. The van der Waals surface area contributed by atoms with Gasteiger partial charge in [-0.1, -0.05) is 41.9 Å². The lowest BCUT2D eigenvalue weighted by Gasteiger charge is -2.11. The second-order valence-corrected chi connectivity index (χ2v) is 6.34. The fraction of sp³-hybridized carbons (Fsp3) is 0. The Bertz CT molecular complexity index is 1170. The van der Waals surface area contributed by atoms with E-state index in [9.17, 15) is 9.18 Å². The molecule has 2 aromatic carbocycles. The fourth-order valence-electron chi connectivity index (χ4n) is 2.62. The van der Waals surface area contributed by atoms with E-state index in [-0.39, 0.29) is 16.4 Å². The SMILES string of the molecule is O=C(Nc1ccc(Cl)cc1F)/C(=C/c1ccco1)n1nnnc1-c1ccccc1. The number of nitrogens with zero attached hydrogens (tertiary/aromatic N) is 4. The summed E-state index contributed by atoms with van der Waals surface area (Å²) in [5.74, 6) is -0.549. The van der Waals surface area contributed by atoms with Crippen molar-refractivity contribution in [1.29, 1.82) is 0 Å². The number of furan rings is 1. The van der Waals surface area contributed by atoms with Crippen molar-refractivity contribution in [3.63, 3.8) is 0 Å². The van der Waals surface area contributed by atoms with Crippen LogP contribution in [-0.2, 0) is 4.79 Å². The van der Waals surface area contributed by atoms with Gasteiger partial charge >= 0.3 is 0 Å². The van der Waals surface area contributed by atoms with Crippen LogP contribution in [0.1, 0.15) is 5.76 Å². The number of aromatic nitrogens is 4. The summed E-state index contributed by atoms with van der Waals surface area (Å²) in [5.41, 5.74) is 0.713. The molecule has 0 saturated carbocycles. The van der Waals surface area contributed by atoms with E-state index < -0.39 is 11.7 Å². The number of benzene rings is 2. The molecule has 0 aliphatic carbocycles. The first kappa shape index (κ1) is 18.6. The Kier molecular flexibility index (Phi) is 5.17. The van der Waals surface area contributed by atoms with Gasteiger partial charge in [0.05, 0.1) is 12.0 Å². The van der Waals surface area contributed by atoms with Gasteiger partial charge in [0.25, 0.3) is 5.91 Å². The number of hydrogen-bond donors (Lipinski definition) is 1. The van der Waals surface area contributed by atoms with Crippen LogP contribution in [0.4, 0.5) is 10.1 Å². The van der Waals surface area contributed by atoms with E-state index in [2.05, 4.69) is 20.8 Å². The van der Waals surface area contributed by atoms with E-state index in [1.54, 1.807) is 12.1 Å². The minimum atomic E-state index is -0.664. The number of tetrazole rings is 1. The number of rotatable bonds is 5. The molecule has 0 saturated heterocycles. The van der Waals surface area contributed by atoms with Gasteiger partial charge in [0.1, 0.15) is 17.3 Å². The summed E-state index contributed by atoms with van der Waals surface area (Å²) in [7, 11) is 0. The molecule has 0 aliphatic rings. The number of hydrogen-bond acceptors (Lipinski definition) is 5. The van der Waals surface area contributed by atoms with Gasteiger partial charge < -0.3 is 9.73 Å². The molecule has 0 aliphatic heterocycles. The second kappa shape index (κ2) is 8.07. The average molecular weight is 410 g/mol. The molecule has 2 aromatic heterocycles. The lowest BCUT2D eigenvalue weighted by Crippen LogP contribution is -2.20. The topological polar surface area (TPSA) is 85.8 Å². The molecule has 0 spiro atoms. The van der Waals surface area contributed by atoms with Crippen molar-refractivity contribution in [2.24, 2.45) is 0 Å². The highest BCUT2D eigenvalue weighted by molar-refractivity contribution is 6.30. The zero-order chi connectivity index (χ0) is 20.2. The Morgan fingerprint density at radius 2 is 1.97 bits per heavy atom. The maximum absolute atomic E-state index is 14.2. The van der Waals surface area contributed by atoms with Gasteiger partial charge in [-0.3, -0.25) is 4.79 Å². The summed E-state index contributed by atoms with van der Waals surface area (Å²) in [5, 5.41) is 14.4. The van der Waals surface area contributed by atoms with Gasteiger partial charge in [0.15, 0.2) is 5.82 Å². The molecule has 0 fully saturated rings. The minimum Gasteiger partial charge on any atom is -0.465 e. The van der Waals surface area contributed by atoms with E-state index >= 15 is 0 Å². The molecule has 4 rings (SSSR count). The highest BCUT2D eigenvalue weighted by Crippen LogP contribution is 2.23. The van der Waals surface area contributed by atoms with E-state index in [0.717, 1.165) is 6.07 Å². The van der Waals surface area contributed by atoms with Crippen LogP contribution in [0.25, 0.3) is 23.2 Å². The van der Waals surface area contributed by atoms with Crippen LogP contribution in [0.15, 0.2) is 71.3 Å². The number of carbonyl (C=O) groups is 1. The van der Waals surface area contributed by atoms with Crippen LogP contribution in [0.5, 0.6) is 0 Å². The quantitative estimate of drug-likeness (QED) is 0.495. The molecule has 2 heterocycles. The summed E-state index contributed by atoms with van der Waals surface area (Å²) >= 11 is 5.77. The molecule has 0 radical (unpaired) electrons. The largest absolute Gasteiger partial charge is 0.465 e. The van der Waals surface area contributed by atoms with Crippen molar-refractivity contribution >= 4 is 35.0 Å². The van der Waals surface area contributed by atoms with Crippen molar-refractivity contribution in [2.75, 3.05) is 5.32 Å². The van der Waals surface area contributed by atoms with Crippen molar-refractivity contribution in [3.05, 3.63) is 83.5 Å². The van der Waals surface area contributed by atoms with Crippen molar-refractivity contribution in [1.82, 2.24) is 20.2 Å². The lowest BCUT2D eigenvalue weighted by molar-refractivity contribution is -0.111. The minimum absolute atomic E-state index is 0.0286. The Balaban J connectivity index is 1.76. The van der Waals surface area contributed by atoms with Crippen molar-refractivity contribution in [3.8, 4) is 11.4 Å². The van der Waals surface area contributed by atoms with Crippen LogP contribution in [0.2, 0.25) is 5.02 Å². The molecule has 0 atom stereocenters. The predicted octanol–water partition coefficient (Wildman–Crippen LogP) is 4.36. The molecule has 9 heteroatoms. The third-order valence-electron chi connectivity index (χ3n) is 3.96. The first-order valence-corrected chi connectivity index (χ1v) is 8.85. The second-order valence-electron chi connectivity index (χ2n) is 5.90. The molecule has 144 valence electrons. The van der Waals surface area contributed by atoms with E-state index in [1.807, 2.05) is 30.3 Å². The standard InChI is InChI=1S/C20H13ClFN5O2/c21-14-8-9-17(16(22)11-14)23-20(28)18(12-15-7-4-10-29-15)27-19(24-25-26-27)13-5-2-1-3-6-13/h1-12H,(H,23,28)/b18-12-. The Labute approximate surface area is 169 Å². The van der Waals surface area contributed by atoms with Crippen LogP contribution in [0.3, 0.4) is 0 Å². The molecule has 0 unspecified atom stereocenters. The molecular formula is C20H13ClFN5O2. The molecule has 1 N–H and O–H groups in total. The molecule has 4 aromatic rings. The maximum Gasteiger partial charge on any atom is 0.274 e. The van der Waals surface area contributed by atoms with Gasteiger partial charge in [-0.15, -0.1) is 5.10 Å². The Morgan fingerprint density at radius 3 is 2.69 bits per heavy atom. The number of amides is 1. The highest BCUT2D eigenvalue weighted by Gasteiger charge is 2.21. The summed E-state index contributed by atoms with van der Waals surface area (Å²) in [6, 6.07) is 16.4. The molecule has 29 heavy (non-hydrogen) atoms. The average Bonchev–Trinajstić information content (AvgIpc) is 3.40. The zero-order valence-corrected chi connectivity index (χ0v) is 15.5. The predicted molar refractivity (Wildman–Crippen MR) is 106 cm³/mol. The van der Waals surface area contributed by atoms with Gasteiger partial charge in [0, 0.05) is 16.7 Å². The number of nitrogens with one attached hydrogen (secondary N) is 1. The smallest absolute Gasteiger partial charge is 0.274 e. The maximum atomic E-state index is 14.2. The first-order valence-electron chi connectivity index (χ1n) is 8.47. The molecule has 7 nitrogen and oxygen atoms in total. The number of carbonyl (C=O) groups excluding carboxylic acids is 1. The Hall–Kier alpha value is -3.78. The summed E-state index contributed by atoms with van der Waals surface area (Å²) in [6.45, 7) is 0. The van der Waals surface area contributed by atoms with Gasteiger partial charge in [-0.05, 0) is 40.8 Å². The number of halogens is 2.